The number of carbonyl (C=O) groups excluding carboxylic acids is 2. The molecular weight excluding hydrogens is 266 g/mol. The quantitative estimate of drug-likeness (QED) is 0.636. The van der Waals surface area contributed by atoms with Gasteiger partial charge in [0.05, 0.1) is 11.1 Å². The van der Waals surface area contributed by atoms with Gasteiger partial charge in [-0.25, -0.2) is 13.6 Å². The molecule has 0 aliphatic heterocycles. The van der Waals surface area contributed by atoms with Crippen LogP contribution in [0, 0.1) is 11.6 Å². The number of rotatable bonds is 4. The van der Waals surface area contributed by atoms with Crippen molar-refractivity contribution in [2.24, 2.45) is 0 Å². The Labute approximate surface area is 113 Å². The van der Waals surface area contributed by atoms with Crippen molar-refractivity contribution in [3.63, 3.8) is 0 Å². The Morgan fingerprint density at radius 1 is 1.10 bits per heavy atom. The van der Waals surface area contributed by atoms with E-state index in [2.05, 4.69) is 0 Å². The van der Waals surface area contributed by atoms with Crippen LogP contribution in [0.1, 0.15) is 26.3 Å². The number of esters is 1. The number of aldehydes is 1. The molecule has 0 fully saturated rings. The van der Waals surface area contributed by atoms with Crippen molar-refractivity contribution in [3.05, 3.63) is 70.8 Å². The third kappa shape index (κ3) is 3.06. The molecule has 5 heteroatoms. The van der Waals surface area contributed by atoms with Gasteiger partial charge in [-0.1, -0.05) is 30.3 Å². The molecule has 0 N–H and O–H groups in total. The van der Waals surface area contributed by atoms with Gasteiger partial charge in [0.15, 0.2) is 6.29 Å². The molecule has 0 aliphatic rings. The molecule has 0 saturated heterocycles. The minimum atomic E-state index is -1.09. The third-order valence-corrected chi connectivity index (χ3v) is 2.65. The molecule has 0 aromatic heterocycles. The van der Waals surface area contributed by atoms with E-state index in [4.69, 9.17) is 4.74 Å². The molecule has 20 heavy (non-hydrogen) atoms. The number of ether oxygens (including phenoxy) is 1. The van der Waals surface area contributed by atoms with Crippen LogP contribution in [0.4, 0.5) is 8.78 Å². The second kappa shape index (κ2) is 6.06. The zero-order valence-electron chi connectivity index (χ0n) is 10.3. The predicted molar refractivity (Wildman–Crippen MR) is 67.3 cm³/mol. The molecule has 2 aromatic carbocycles. The van der Waals surface area contributed by atoms with Gasteiger partial charge in [0.2, 0.25) is 0 Å². The van der Waals surface area contributed by atoms with Crippen molar-refractivity contribution in [3.8, 4) is 0 Å². The van der Waals surface area contributed by atoms with Crippen LogP contribution in [0.15, 0.2) is 42.5 Å². The Morgan fingerprint density at radius 3 is 2.25 bits per heavy atom. The van der Waals surface area contributed by atoms with E-state index in [1.807, 2.05) is 6.07 Å². The molecular formula is C15H10F2O3. The molecule has 0 spiro atoms. The SMILES string of the molecule is O=Cc1c(F)cc(C(=O)OCc2ccccc2)cc1F. The van der Waals surface area contributed by atoms with Crippen LogP contribution < -0.4 is 0 Å². The molecule has 0 aliphatic carbocycles. The van der Waals surface area contributed by atoms with Gasteiger partial charge in [0, 0.05) is 0 Å². The van der Waals surface area contributed by atoms with Crippen molar-refractivity contribution < 1.29 is 23.1 Å². The van der Waals surface area contributed by atoms with Crippen LogP contribution in [0.2, 0.25) is 0 Å². The maximum Gasteiger partial charge on any atom is 0.338 e. The topological polar surface area (TPSA) is 43.4 Å². The van der Waals surface area contributed by atoms with Gasteiger partial charge in [-0.3, -0.25) is 4.79 Å². The van der Waals surface area contributed by atoms with Gasteiger partial charge in [-0.15, -0.1) is 0 Å². The second-order valence-corrected chi connectivity index (χ2v) is 4.03. The summed E-state index contributed by atoms with van der Waals surface area (Å²) in [6.07, 6.45) is 0.0593. The Balaban J connectivity index is 2.12. The maximum absolute atomic E-state index is 13.4. The Bertz CT molecular complexity index is 616. The van der Waals surface area contributed by atoms with E-state index in [9.17, 15) is 18.4 Å². The van der Waals surface area contributed by atoms with Crippen LogP contribution in [-0.2, 0) is 11.3 Å². The summed E-state index contributed by atoms with van der Waals surface area (Å²) in [6.45, 7) is -0.00164. The first kappa shape index (κ1) is 13.9. The highest BCUT2D eigenvalue weighted by Gasteiger charge is 2.15. The molecule has 2 rings (SSSR count). The summed E-state index contributed by atoms with van der Waals surface area (Å²) in [6, 6.07) is 10.4. The van der Waals surface area contributed by atoms with Crippen molar-refractivity contribution in [2.45, 2.75) is 6.61 Å². The minimum absolute atomic E-state index is 0.00164. The lowest BCUT2D eigenvalue weighted by molar-refractivity contribution is 0.0471. The first-order chi connectivity index (χ1) is 9.61. The average Bonchev–Trinajstić information content (AvgIpc) is 2.45. The van der Waals surface area contributed by atoms with E-state index in [1.165, 1.54) is 0 Å². The fourth-order valence-electron chi connectivity index (χ4n) is 1.62. The first-order valence-corrected chi connectivity index (χ1v) is 5.77. The van der Waals surface area contributed by atoms with Gasteiger partial charge in [-0.05, 0) is 17.7 Å². The van der Waals surface area contributed by atoms with Crippen molar-refractivity contribution in [2.75, 3.05) is 0 Å². The highest BCUT2D eigenvalue weighted by Crippen LogP contribution is 2.15. The van der Waals surface area contributed by atoms with E-state index in [-0.39, 0.29) is 18.5 Å². The highest BCUT2D eigenvalue weighted by molar-refractivity contribution is 5.90. The Kier molecular flexibility index (Phi) is 4.20. The van der Waals surface area contributed by atoms with Gasteiger partial charge in [-0.2, -0.15) is 0 Å². The Morgan fingerprint density at radius 2 is 1.70 bits per heavy atom. The smallest absolute Gasteiger partial charge is 0.338 e. The van der Waals surface area contributed by atoms with Gasteiger partial charge < -0.3 is 4.74 Å². The standard InChI is InChI=1S/C15H10F2O3/c16-13-6-11(7-14(17)12(13)8-18)15(19)20-9-10-4-2-1-3-5-10/h1-8H,9H2. The minimum Gasteiger partial charge on any atom is -0.457 e. The summed E-state index contributed by atoms with van der Waals surface area (Å²) in [5, 5.41) is 0. The summed E-state index contributed by atoms with van der Waals surface area (Å²) in [4.78, 5) is 22.1. The van der Waals surface area contributed by atoms with Crippen molar-refractivity contribution >= 4 is 12.3 Å². The number of benzene rings is 2. The molecule has 0 atom stereocenters. The molecule has 2 aromatic rings. The molecule has 0 bridgehead atoms. The molecule has 0 saturated carbocycles. The third-order valence-electron chi connectivity index (χ3n) is 2.65. The van der Waals surface area contributed by atoms with Crippen molar-refractivity contribution in [1.82, 2.24) is 0 Å². The normalized spacial score (nSPS) is 10.1. The monoisotopic (exact) mass is 276 g/mol. The summed E-state index contributed by atoms with van der Waals surface area (Å²) in [7, 11) is 0. The first-order valence-electron chi connectivity index (χ1n) is 5.77. The molecule has 0 radical (unpaired) electrons. The van der Waals surface area contributed by atoms with Gasteiger partial charge in [0.25, 0.3) is 0 Å². The van der Waals surface area contributed by atoms with E-state index in [1.54, 1.807) is 24.3 Å². The largest absolute Gasteiger partial charge is 0.457 e. The van der Waals surface area contributed by atoms with Gasteiger partial charge in [0.1, 0.15) is 18.2 Å². The maximum atomic E-state index is 13.4. The van der Waals surface area contributed by atoms with Crippen molar-refractivity contribution in [1.29, 1.82) is 0 Å². The lowest BCUT2D eigenvalue weighted by atomic mass is 10.1. The molecule has 0 heterocycles. The number of carbonyl (C=O) groups is 2. The summed E-state index contributed by atoms with van der Waals surface area (Å²) in [5.74, 6) is -3.04. The average molecular weight is 276 g/mol. The lowest BCUT2D eigenvalue weighted by Gasteiger charge is -2.06. The van der Waals surface area contributed by atoms with E-state index >= 15 is 0 Å². The number of halogens is 2. The number of hydrogen-bond acceptors (Lipinski definition) is 3. The van der Waals surface area contributed by atoms with E-state index in [0.29, 0.717) is 0 Å². The summed E-state index contributed by atoms with van der Waals surface area (Å²) >= 11 is 0. The van der Waals surface area contributed by atoms with E-state index < -0.39 is 23.2 Å². The Hall–Kier alpha value is -2.56. The molecule has 3 nitrogen and oxygen atoms in total. The van der Waals surface area contributed by atoms with Crippen LogP contribution >= 0.6 is 0 Å². The molecule has 102 valence electrons. The fourth-order valence-corrected chi connectivity index (χ4v) is 1.62. The van der Waals surface area contributed by atoms with Crippen LogP contribution in [-0.4, -0.2) is 12.3 Å². The zero-order chi connectivity index (χ0) is 14.5. The summed E-state index contributed by atoms with van der Waals surface area (Å²) in [5.41, 5.74) is -0.225. The van der Waals surface area contributed by atoms with Crippen LogP contribution in [0.25, 0.3) is 0 Å². The van der Waals surface area contributed by atoms with Crippen LogP contribution in [0.5, 0.6) is 0 Å². The second-order valence-electron chi connectivity index (χ2n) is 4.03. The van der Waals surface area contributed by atoms with E-state index in [0.717, 1.165) is 17.7 Å². The molecule has 0 amide bonds. The number of hydrogen-bond donors (Lipinski definition) is 0. The lowest BCUT2D eigenvalue weighted by Crippen LogP contribution is -2.08. The predicted octanol–water partition coefficient (Wildman–Crippen LogP) is 3.13. The van der Waals surface area contributed by atoms with Crippen LogP contribution in [0.3, 0.4) is 0 Å². The van der Waals surface area contributed by atoms with Gasteiger partial charge >= 0.3 is 5.97 Å². The summed E-state index contributed by atoms with van der Waals surface area (Å²) < 4.78 is 31.6. The fraction of sp³-hybridized carbons (Fsp3) is 0.0667. The zero-order valence-corrected chi connectivity index (χ0v) is 10.3. The highest BCUT2D eigenvalue weighted by atomic mass is 19.1. The molecule has 0 unspecified atom stereocenters.